The lowest BCUT2D eigenvalue weighted by molar-refractivity contribution is -0.141. The number of alkyl halides is 3. The van der Waals surface area contributed by atoms with Crippen molar-refractivity contribution in [1.29, 1.82) is 0 Å². The molecule has 7 aromatic rings. The maximum absolute atomic E-state index is 15.0. The van der Waals surface area contributed by atoms with Crippen molar-refractivity contribution in [3.05, 3.63) is 85.2 Å². The van der Waals surface area contributed by atoms with E-state index in [1.807, 2.05) is 54.7 Å². The molecule has 4 unspecified atom stereocenters. The summed E-state index contributed by atoms with van der Waals surface area (Å²) >= 11 is 0. The van der Waals surface area contributed by atoms with Gasteiger partial charge in [0.05, 0.1) is 71.5 Å². The number of rotatable bonds is 12. The van der Waals surface area contributed by atoms with Crippen LogP contribution in [-0.4, -0.2) is 171 Å². The number of methoxy groups -OCH3 is 1. The number of halogens is 3. The summed E-state index contributed by atoms with van der Waals surface area (Å²) < 4.78 is 62.5. The van der Waals surface area contributed by atoms with Gasteiger partial charge in [-0.3, -0.25) is 0 Å². The van der Waals surface area contributed by atoms with Gasteiger partial charge >= 0.3 is 18.2 Å². The minimum atomic E-state index is -4.53. The van der Waals surface area contributed by atoms with Gasteiger partial charge in [-0.2, -0.15) is 28.4 Å². The molecular weight excluding hydrogens is 1070 g/mol. The second-order valence-corrected chi connectivity index (χ2v) is 23.3. The Morgan fingerprint density at radius 3 is 1.69 bits per heavy atom. The number of hydrazine groups is 1. The average molecular weight is 1140 g/mol. The van der Waals surface area contributed by atoms with Crippen LogP contribution in [-0.2, 0) is 20.8 Å². The van der Waals surface area contributed by atoms with E-state index in [4.69, 9.17) is 34.3 Å². The molecule has 434 valence electrons. The van der Waals surface area contributed by atoms with Gasteiger partial charge in [-0.05, 0) is 144 Å². The molecule has 14 rings (SSSR count). The number of urea groups is 2. The van der Waals surface area contributed by atoms with Crippen LogP contribution in [0.1, 0.15) is 70.3 Å². The van der Waals surface area contributed by atoms with E-state index in [1.165, 1.54) is 16.2 Å². The van der Waals surface area contributed by atoms with E-state index in [0.717, 1.165) is 123 Å². The fourth-order valence-corrected chi connectivity index (χ4v) is 13.0. The average Bonchev–Trinajstić information content (AvgIpc) is 3.98. The molecule has 2 N–H and O–H groups in total. The van der Waals surface area contributed by atoms with Crippen molar-refractivity contribution in [1.82, 2.24) is 49.4 Å². The minimum Gasteiger partial charge on any atom is -0.381 e. The predicted octanol–water partition coefficient (Wildman–Crippen LogP) is 9.13. The van der Waals surface area contributed by atoms with Gasteiger partial charge in [-0.15, -0.1) is 0 Å². The number of fused-ring (bicyclic) bond motifs is 6. The summed E-state index contributed by atoms with van der Waals surface area (Å²) in [5.41, 5.74) is 4.55. The smallest absolute Gasteiger partial charge is 0.381 e. The number of morpholine rings is 2. The SMILES string of the molecule is COC1CCC(n2ncc3c(N4CC5CCC(C4)O5)nc(-c4ccc(N(C(=O)Nc5ccc(N6CCN(C)CC6)cc5)N(C(=O)Nc5ccc(-c6nc(N7CC8CCC(C7)O8)c7cnn(CC(F)(F)F)c7n6)cc5)C5CC5)cc4)nc32)CC1. The quantitative estimate of drug-likeness (QED) is 0.110. The number of nitrogens with one attached hydrogen (secondary N) is 2. The fraction of sp³-hybridized carbons (Fsp3) is 0.492. The summed E-state index contributed by atoms with van der Waals surface area (Å²) in [6.45, 7) is 4.92. The Morgan fingerprint density at radius 1 is 0.614 bits per heavy atom. The molecule has 4 bridgehead atoms. The van der Waals surface area contributed by atoms with Gasteiger partial charge in [0.15, 0.2) is 22.9 Å². The van der Waals surface area contributed by atoms with Crippen molar-refractivity contribution in [2.45, 2.75) is 120 Å². The van der Waals surface area contributed by atoms with Gasteiger partial charge in [0.1, 0.15) is 18.2 Å². The molecule has 24 heteroatoms. The molecule has 7 fully saturated rings. The Labute approximate surface area is 477 Å². The van der Waals surface area contributed by atoms with E-state index >= 15 is 4.79 Å². The molecule has 4 aromatic heterocycles. The predicted molar refractivity (Wildman–Crippen MR) is 308 cm³/mol. The summed E-state index contributed by atoms with van der Waals surface area (Å²) in [6.07, 6.45) is 8.12. The number of amides is 4. The summed E-state index contributed by atoms with van der Waals surface area (Å²) in [5.74, 6) is 2.04. The number of hydrogen-bond donors (Lipinski definition) is 2. The highest BCUT2D eigenvalue weighted by Crippen LogP contribution is 2.40. The first kappa shape index (κ1) is 53.3. The Balaban J connectivity index is 0.775. The number of anilines is 6. The van der Waals surface area contributed by atoms with Gasteiger partial charge in [0.2, 0.25) is 0 Å². The Morgan fingerprint density at radius 2 is 1.13 bits per heavy atom. The Kier molecular flexibility index (Phi) is 14.0. The van der Waals surface area contributed by atoms with E-state index in [0.29, 0.717) is 65.6 Å². The summed E-state index contributed by atoms with van der Waals surface area (Å²) in [5, 5.41) is 19.4. The van der Waals surface area contributed by atoms with Crippen LogP contribution < -0.4 is 30.3 Å². The molecule has 7 aliphatic rings. The molecule has 3 aromatic carbocycles. The van der Waals surface area contributed by atoms with Crippen LogP contribution in [0, 0.1) is 0 Å². The molecule has 2 aliphatic carbocycles. The van der Waals surface area contributed by atoms with Gasteiger partial charge in [-0.25, -0.2) is 43.9 Å². The van der Waals surface area contributed by atoms with Crippen molar-refractivity contribution in [3.8, 4) is 22.8 Å². The highest BCUT2D eigenvalue weighted by molar-refractivity contribution is 6.05. The van der Waals surface area contributed by atoms with E-state index in [1.54, 1.807) is 31.4 Å². The molecular formula is C59H67F3N16O5. The third-order valence-corrected chi connectivity index (χ3v) is 17.5. The number of carbonyl (C=O) groups excluding carboxylic acids is 2. The van der Waals surface area contributed by atoms with Crippen molar-refractivity contribution in [2.24, 2.45) is 0 Å². The second kappa shape index (κ2) is 21.8. The van der Waals surface area contributed by atoms with Crippen LogP contribution in [0.25, 0.3) is 44.8 Å². The number of aromatic nitrogens is 8. The maximum Gasteiger partial charge on any atom is 0.408 e. The van der Waals surface area contributed by atoms with Crippen LogP contribution in [0.2, 0.25) is 0 Å². The molecule has 4 amide bonds. The van der Waals surface area contributed by atoms with Crippen molar-refractivity contribution in [2.75, 3.05) is 96.9 Å². The van der Waals surface area contributed by atoms with E-state index in [9.17, 15) is 18.0 Å². The normalized spacial score (nSPS) is 23.7. The van der Waals surface area contributed by atoms with Crippen LogP contribution in [0.4, 0.5) is 57.1 Å². The largest absolute Gasteiger partial charge is 0.408 e. The topological polar surface area (TPSA) is 193 Å². The van der Waals surface area contributed by atoms with Crippen molar-refractivity contribution >= 4 is 68.5 Å². The summed E-state index contributed by atoms with van der Waals surface area (Å²) in [4.78, 5) is 59.1. The third kappa shape index (κ3) is 11.0. The van der Waals surface area contributed by atoms with E-state index in [-0.39, 0.29) is 54.1 Å². The summed E-state index contributed by atoms with van der Waals surface area (Å²) in [6, 6.07) is 20.8. The lowest BCUT2D eigenvalue weighted by Crippen LogP contribution is -2.54. The second-order valence-electron chi connectivity index (χ2n) is 23.3. The highest BCUT2D eigenvalue weighted by Gasteiger charge is 2.42. The van der Waals surface area contributed by atoms with Gasteiger partial charge in [0.25, 0.3) is 0 Å². The molecule has 0 spiro atoms. The number of ether oxygens (including phenoxy) is 3. The highest BCUT2D eigenvalue weighted by atomic mass is 19.4. The first-order chi connectivity index (χ1) is 40.3. The third-order valence-electron chi connectivity index (χ3n) is 17.5. The van der Waals surface area contributed by atoms with Crippen LogP contribution in [0.5, 0.6) is 0 Å². The van der Waals surface area contributed by atoms with Gasteiger partial charge in [-0.1, -0.05) is 0 Å². The molecule has 83 heavy (non-hydrogen) atoms. The molecule has 0 radical (unpaired) electrons. The molecule has 5 saturated heterocycles. The van der Waals surface area contributed by atoms with Gasteiger partial charge in [0, 0.05) is 87.7 Å². The lowest BCUT2D eigenvalue weighted by Gasteiger charge is -2.35. The van der Waals surface area contributed by atoms with Crippen molar-refractivity contribution in [3.63, 3.8) is 0 Å². The molecule has 4 atom stereocenters. The molecule has 5 aliphatic heterocycles. The number of piperazine rings is 1. The monoisotopic (exact) mass is 1140 g/mol. The number of carbonyl (C=O) groups is 2. The molecule has 21 nitrogen and oxygen atoms in total. The zero-order chi connectivity index (χ0) is 56.5. The number of hydrogen-bond acceptors (Lipinski definition) is 15. The molecule has 2 saturated carbocycles. The first-order valence-electron chi connectivity index (χ1n) is 29.2. The van der Waals surface area contributed by atoms with Crippen LogP contribution in [0.15, 0.2) is 85.2 Å². The zero-order valence-electron chi connectivity index (χ0n) is 46.5. The van der Waals surface area contributed by atoms with Gasteiger partial charge < -0.3 is 44.4 Å². The van der Waals surface area contributed by atoms with E-state index < -0.39 is 24.8 Å². The standard InChI is InChI=1S/C59H67F3N16O5/c1-71-25-27-72(28-26-71)40-13-9-39(10-14-40)66-58(80)77(42-11-5-37(6-12-42)52-68-54(74-33-47-23-24-48(34-74)83-47)50-30-64-76(56(50)70-52)41-17-19-44(81-2)20-18-41)78(43-15-16-43)57(79)65-38-7-3-36(4-8-38)51-67-53(73-31-45-21-22-46(32-73)82-45)49-29-63-75(55(49)69-51)35-59(60,61)62/h3-14,29-30,41,43-48H,15-28,31-35H2,1-2H3,(H,65,79)(H,66,80). The number of benzene rings is 3. The Bertz CT molecular complexity index is 3490. The van der Waals surface area contributed by atoms with Crippen LogP contribution in [0.3, 0.4) is 0 Å². The minimum absolute atomic E-state index is 0.00104. The molecule has 9 heterocycles. The van der Waals surface area contributed by atoms with Crippen LogP contribution >= 0.6 is 0 Å². The number of likely N-dealkylation sites (N-methyl/N-ethyl adjacent to an activating group) is 1. The zero-order valence-corrected chi connectivity index (χ0v) is 46.5. The first-order valence-corrected chi connectivity index (χ1v) is 29.2. The number of nitrogens with zero attached hydrogens (tertiary/aromatic N) is 14. The Hall–Kier alpha value is -7.67. The van der Waals surface area contributed by atoms with Crippen molar-refractivity contribution < 1.29 is 37.0 Å². The maximum atomic E-state index is 15.0. The fourth-order valence-electron chi connectivity index (χ4n) is 13.0. The van der Waals surface area contributed by atoms with E-state index in [2.05, 4.69) is 52.0 Å². The summed E-state index contributed by atoms with van der Waals surface area (Å²) in [7, 11) is 3.89. The lowest BCUT2D eigenvalue weighted by atomic mass is 9.93.